The summed E-state index contributed by atoms with van der Waals surface area (Å²) in [4.78, 5) is 14.9. The fourth-order valence-corrected chi connectivity index (χ4v) is 4.18. The van der Waals surface area contributed by atoms with Gasteiger partial charge in [0.2, 0.25) is 5.95 Å². The number of anilines is 2. The number of hydrogen-bond acceptors (Lipinski definition) is 6. The molecule has 132 valence electrons. The van der Waals surface area contributed by atoms with Crippen LogP contribution in [0.5, 0.6) is 0 Å². The number of benzene rings is 2. The number of fused-ring (bicyclic) bond motifs is 2. The number of rotatable bonds is 4. The largest absolute Gasteiger partial charge is 0.379 e. The summed E-state index contributed by atoms with van der Waals surface area (Å²) < 4.78 is 6.61. The third kappa shape index (κ3) is 3.16. The van der Waals surface area contributed by atoms with Crippen LogP contribution in [-0.4, -0.2) is 46.2 Å². The Morgan fingerprint density at radius 3 is 2.85 bits per heavy atom. The molecule has 1 saturated heterocycles. The average Bonchev–Trinajstić information content (AvgIpc) is 3.25. The van der Waals surface area contributed by atoms with Crippen molar-refractivity contribution in [1.29, 1.82) is 0 Å². The van der Waals surface area contributed by atoms with Gasteiger partial charge in [-0.25, -0.2) is 9.97 Å². The van der Waals surface area contributed by atoms with Gasteiger partial charge in [-0.15, -0.1) is 0 Å². The number of morpholine rings is 1. The molecular formula is C19H19N5OS. The summed E-state index contributed by atoms with van der Waals surface area (Å²) >= 11 is 1.65. The van der Waals surface area contributed by atoms with Gasteiger partial charge in [0, 0.05) is 19.6 Å². The minimum absolute atomic E-state index is 0.721. The molecule has 1 aliphatic heterocycles. The predicted octanol–water partition coefficient (Wildman–Crippen LogP) is 3.75. The average molecular weight is 365 g/mol. The van der Waals surface area contributed by atoms with Crippen molar-refractivity contribution in [2.45, 2.75) is 6.54 Å². The summed E-state index contributed by atoms with van der Waals surface area (Å²) in [5.74, 6) is 0.721. The van der Waals surface area contributed by atoms with Crippen LogP contribution in [0.2, 0.25) is 0 Å². The monoisotopic (exact) mass is 365 g/mol. The molecule has 0 bridgehead atoms. The molecule has 3 heterocycles. The van der Waals surface area contributed by atoms with Gasteiger partial charge in [0.05, 0.1) is 34.5 Å². The molecule has 0 aliphatic carbocycles. The van der Waals surface area contributed by atoms with Gasteiger partial charge in [-0.2, -0.15) is 0 Å². The van der Waals surface area contributed by atoms with Crippen LogP contribution >= 0.6 is 11.3 Å². The quantitative estimate of drug-likeness (QED) is 0.577. The van der Waals surface area contributed by atoms with Gasteiger partial charge < -0.3 is 15.0 Å². The van der Waals surface area contributed by atoms with Crippen LogP contribution in [0.3, 0.4) is 0 Å². The summed E-state index contributed by atoms with van der Waals surface area (Å²) in [6, 6.07) is 14.5. The summed E-state index contributed by atoms with van der Waals surface area (Å²) in [5.41, 5.74) is 4.30. The van der Waals surface area contributed by atoms with Crippen molar-refractivity contribution < 1.29 is 4.74 Å². The van der Waals surface area contributed by atoms with E-state index in [0.717, 1.165) is 60.5 Å². The van der Waals surface area contributed by atoms with Crippen LogP contribution in [0.4, 0.5) is 11.1 Å². The molecule has 6 nitrogen and oxygen atoms in total. The van der Waals surface area contributed by atoms with Crippen LogP contribution in [0, 0.1) is 0 Å². The van der Waals surface area contributed by atoms with Gasteiger partial charge in [0.1, 0.15) is 0 Å². The Labute approximate surface area is 154 Å². The number of aromatic nitrogens is 3. The first kappa shape index (κ1) is 15.7. The lowest BCUT2D eigenvalue weighted by atomic mass is 10.2. The maximum absolute atomic E-state index is 5.42. The molecule has 0 saturated carbocycles. The van der Waals surface area contributed by atoms with Crippen LogP contribution in [0.1, 0.15) is 5.56 Å². The molecule has 5 rings (SSSR count). The van der Waals surface area contributed by atoms with E-state index < -0.39 is 0 Å². The van der Waals surface area contributed by atoms with Crippen molar-refractivity contribution in [2.24, 2.45) is 0 Å². The number of thiazole rings is 1. The normalized spacial score (nSPS) is 15.7. The number of hydrogen-bond donors (Lipinski definition) is 2. The predicted molar refractivity (Wildman–Crippen MR) is 105 cm³/mol. The lowest BCUT2D eigenvalue weighted by Crippen LogP contribution is -2.35. The van der Waals surface area contributed by atoms with E-state index in [4.69, 9.17) is 4.74 Å². The summed E-state index contributed by atoms with van der Waals surface area (Å²) in [6.07, 6.45) is 0. The maximum atomic E-state index is 5.42. The number of nitrogens with one attached hydrogen (secondary N) is 2. The molecule has 0 radical (unpaired) electrons. The molecule has 1 aliphatic rings. The van der Waals surface area contributed by atoms with Crippen LogP contribution in [0.15, 0.2) is 42.5 Å². The van der Waals surface area contributed by atoms with E-state index in [2.05, 4.69) is 43.4 Å². The van der Waals surface area contributed by atoms with Crippen molar-refractivity contribution in [3.63, 3.8) is 0 Å². The zero-order chi connectivity index (χ0) is 17.3. The Balaban J connectivity index is 1.37. The van der Waals surface area contributed by atoms with E-state index in [9.17, 15) is 0 Å². The molecule has 0 spiro atoms. The van der Waals surface area contributed by atoms with E-state index in [1.54, 1.807) is 11.3 Å². The van der Waals surface area contributed by atoms with E-state index >= 15 is 0 Å². The van der Waals surface area contributed by atoms with E-state index in [1.165, 1.54) is 10.3 Å². The minimum atomic E-state index is 0.721. The molecule has 2 aromatic carbocycles. The molecule has 7 heteroatoms. The Bertz CT molecular complexity index is 1020. The highest BCUT2D eigenvalue weighted by Gasteiger charge is 2.12. The zero-order valence-electron chi connectivity index (χ0n) is 14.2. The molecule has 26 heavy (non-hydrogen) atoms. The first-order valence-electron chi connectivity index (χ1n) is 8.75. The molecular weight excluding hydrogens is 346 g/mol. The molecule has 2 N–H and O–H groups in total. The van der Waals surface area contributed by atoms with Crippen LogP contribution in [-0.2, 0) is 11.3 Å². The van der Waals surface area contributed by atoms with Crippen molar-refractivity contribution in [3.05, 3.63) is 48.0 Å². The SMILES string of the molecule is c1ccc2[nH]c(Nc3nc4ccc(CN5CCOCC5)cc4s3)nc2c1. The number of nitrogens with zero attached hydrogens (tertiary/aromatic N) is 3. The molecule has 0 atom stereocenters. The Kier molecular flexibility index (Phi) is 4.05. The number of ether oxygens (including phenoxy) is 1. The zero-order valence-corrected chi connectivity index (χ0v) is 15.1. The molecule has 2 aromatic heterocycles. The smallest absolute Gasteiger partial charge is 0.207 e. The van der Waals surface area contributed by atoms with Crippen molar-refractivity contribution in [2.75, 3.05) is 31.6 Å². The van der Waals surface area contributed by atoms with Gasteiger partial charge in [-0.3, -0.25) is 4.90 Å². The van der Waals surface area contributed by atoms with E-state index in [1.807, 2.05) is 24.3 Å². The van der Waals surface area contributed by atoms with E-state index in [0.29, 0.717) is 0 Å². The van der Waals surface area contributed by atoms with Gasteiger partial charge in [0.15, 0.2) is 5.13 Å². The highest BCUT2D eigenvalue weighted by atomic mass is 32.1. The maximum Gasteiger partial charge on any atom is 0.207 e. The fraction of sp³-hybridized carbons (Fsp3) is 0.263. The number of imidazole rings is 1. The van der Waals surface area contributed by atoms with Crippen LogP contribution in [0.25, 0.3) is 21.3 Å². The summed E-state index contributed by atoms with van der Waals surface area (Å²) in [5, 5.41) is 4.15. The second kappa shape index (κ2) is 6.68. The first-order valence-corrected chi connectivity index (χ1v) is 9.56. The minimum Gasteiger partial charge on any atom is -0.379 e. The topological polar surface area (TPSA) is 66.1 Å². The molecule has 4 aromatic rings. The van der Waals surface area contributed by atoms with Crippen LogP contribution < -0.4 is 5.32 Å². The highest BCUT2D eigenvalue weighted by molar-refractivity contribution is 7.22. The number of H-pyrrole nitrogens is 1. The fourth-order valence-electron chi connectivity index (χ4n) is 3.25. The number of para-hydroxylation sites is 2. The van der Waals surface area contributed by atoms with Gasteiger partial charge in [-0.1, -0.05) is 29.5 Å². The number of aromatic amines is 1. The highest BCUT2D eigenvalue weighted by Crippen LogP contribution is 2.29. The van der Waals surface area contributed by atoms with Crippen molar-refractivity contribution in [3.8, 4) is 0 Å². The second-order valence-corrected chi connectivity index (χ2v) is 7.47. The van der Waals surface area contributed by atoms with Gasteiger partial charge >= 0.3 is 0 Å². The van der Waals surface area contributed by atoms with Gasteiger partial charge in [-0.05, 0) is 29.8 Å². The second-order valence-electron chi connectivity index (χ2n) is 6.44. The molecule has 0 unspecified atom stereocenters. The third-order valence-corrected chi connectivity index (χ3v) is 5.51. The standard InChI is InChI=1S/C19H19N5OS/c1-2-4-15-14(3-1)20-18(21-15)23-19-22-16-6-5-13(11-17(16)26-19)12-24-7-9-25-10-8-24/h1-6,11H,7-10,12H2,(H2,20,21,22,23). The Morgan fingerprint density at radius 2 is 1.96 bits per heavy atom. The van der Waals surface area contributed by atoms with Crippen molar-refractivity contribution in [1.82, 2.24) is 19.9 Å². The lowest BCUT2D eigenvalue weighted by Gasteiger charge is -2.26. The lowest BCUT2D eigenvalue weighted by molar-refractivity contribution is 0.0342. The Hall–Kier alpha value is -2.48. The van der Waals surface area contributed by atoms with Crippen molar-refractivity contribution >= 4 is 43.7 Å². The van der Waals surface area contributed by atoms with E-state index in [-0.39, 0.29) is 0 Å². The summed E-state index contributed by atoms with van der Waals surface area (Å²) in [6.45, 7) is 4.62. The molecule has 0 amide bonds. The third-order valence-electron chi connectivity index (χ3n) is 4.58. The first-order chi connectivity index (χ1) is 12.8. The molecule has 1 fully saturated rings. The van der Waals surface area contributed by atoms with Gasteiger partial charge in [0.25, 0.3) is 0 Å². The summed E-state index contributed by atoms with van der Waals surface area (Å²) in [7, 11) is 0. The Morgan fingerprint density at radius 1 is 1.08 bits per heavy atom.